The van der Waals surface area contributed by atoms with E-state index in [1.54, 1.807) is 12.1 Å². The number of hydrogen-bond donors (Lipinski definition) is 1. The smallest absolute Gasteiger partial charge is 0.165 e. The van der Waals surface area contributed by atoms with Crippen LogP contribution in [0.25, 0.3) is 0 Å². The lowest BCUT2D eigenvalue weighted by Gasteiger charge is -2.08. The molecule has 0 atom stereocenters. The van der Waals surface area contributed by atoms with Crippen molar-refractivity contribution in [2.75, 3.05) is 26.4 Å². The highest BCUT2D eigenvalue weighted by Gasteiger charge is 2.02. The van der Waals surface area contributed by atoms with Gasteiger partial charge >= 0.3 is 0 Å². The molecule has 0 bridgehead atoms. The predicted molar refractivity (Wildman–Crippen MR) is 56.5 cm³/mol. The van der Waals surface area contributed by atoms with Crippen LogP contribution in [-0.2, 0) is 4.74 Å². The van der Waals surface area contributed by atoms with Crippen molar-refractivity contribution >= 4 is 0 Å². The first-order valence-corrected chi connectivity index (χ1v) is 4.91. The molecule has 2 N–H and O–H groups in total. The molecule has 0 saturated heterocycles. The normalized spacial score (nSPS) is 10.3. The van der Waals surface area contributed by atoms with Crippen molar-refractivity contribution in [2.24, 2.45) is 5.73 Å². The van der Waals surface area contributed by atoms with E-state index in [2.05, 4.69) is 0 Å². The van der Waals surface area contributed by atoms with Gasteiger partial charge in [-0.1, -0.05) is 6.07 Å². The minimum absolute atomic E-state index is 0.270. The Bertz CT molecular complexity index is 305. The molecule has 0 radical (unpaired) electrons. The average Bonchev–Trinajstić information content (AvgIpc) is 2.23. The van der Waals surface area contributed by atoms with Crippen molar-refractivity contribution < 1.29 is 13.9 Å². The van der Waals surface area contributed by atoms with Gasteiger partial charge in [0.2, 0.25) is 0 Å². The van der Waals surface area contributed by atoms with Gasteiger partial charge in [0.05, 0.1) is 13.2 Å². The minimum Gasteiger partial charge on any atom is -0.488 e. The molecule has 0 fully saturated rings. The van der Waals surface area contributed by atoms with Gasteiger partial charge in [0.1, 0.15) is 6.61 Å². The van der Waals surface area contributed by atoms with Gasteiger partial charge in [0.15, 0.2) is 11.6 Å². The molecule has 0 aromatic heterocycles. The molecule has 0 spiro atoms. The zero-order valence-corrected chi connectivity index (χ0v) is 8.83. The van der Waals surface area contributed by atoms with Crippen LogP contribution in [0.2, 0.25) is 0 Å². The summed E-state index contributed by atoms with van der Waals surface area (Å²) in [5.41, 5.74) is 6.21. The van der Waals surface area contributed by atoms with Crippen LogP contribution in [0.1, 0.15) is 5.56 Å². The summed E-state index contributed by atoms with van der Waals surface area (Å²) < 4.78 is 23.5. The van der Waals surface area contributed by atoms with Crippen molar-refractivity contribution in [3.8, 4) is 5.75 Å². The molecule has 0 aliphatic rings. The highest BCUT2D eigenvalue weighted by Crippen LogP contribution is 2.17. The maximum Gasteiger partial charge on any atom is 0.165 e. The summed E-state index contributed by atoms with van der Waals surface area (Å²) in [6, 6.07) is 4.76. The van der Waals surface area contributed by atoms with Crippen molar-refractivity contribution in [2.45, 2.75) is 6.92 Å². The van der Waals surface area contributed by atoms with Gasteiger partial charge in [-0.2, -0.15) is 0 Å². The van der Waals surface area contributed by atoms with Gasteiger partial charge in [-0.15, -0.1) is 0 Å². The zero-order chi connectivity index (χ0) is 11.1. The van der Waals surface area contributed by atoms with E-state index in [1.807, 2.05) is 6.92 Å². The van der Waals surface area contributed by atoms with E-state index in [0.717, 1.165) is 5.56 Å². The van der Waals surface area contributed by atoms with Crippen LogP contribution in [0.15, 0.2) is 18.2 Å². The van der Waals surface area contributed by atoms with E-state index in [-0.39, 0.29) is 11.6 Å². The molecular weight excluding hydrogens is 197 g/mol. The lowest BCUT2D eigenvalue weighted by Crippen LogP contribution is -2.13. The Balaban J connectivity index is 2.33. The molecule has 4 heteroatoms. The van der Waals surface area contributed by atoms with Gasteiger partial charge in [0, 0.05) is 6.54 Å². The summed E-state index contributed by atoms with van der Waals surface area (Å²) in [6.07, 6.45) is 0. The van der Waals surface area contributed by atoms with E-state index in [4.69, 9.17) is 15.2 Å². The van der Waals surface area contributed by atoms with E-state index in [1.165, 1.54) is 6.07 Å². The summed E-state index contributed by atoms with van der Waals surface area (Å²) >= 11 is 0. The Hall–Kier alpha value is -1.13. The molecule has 0 aliphatic heterocycles. The van der Waals surface area contributed by atoms with Gasteiger partial charge in [-0.05, 0) is 24.6 Å². The first kappa shape index (κ1) is 11.9. The van der Waals surface area contributed by atoms with E-state index in [0.29, 0.717) is 26.4 Å². The van der Waals surface area contributed by atoms with Crippen LogP contribution in [0, 0.1) is 12.7 Å². The Labute approximate surface area is 89.0 Å². The minimum atomic E-state index is -0.348. The molecule has 0 aliphatic carbocycles. The molecule has 1 aromatic rings. The second-order valence-corrected chi connectivity index (χ2v) is 3.18. The van der Waals surface area contributed by atoms with Gasteiger partial charge < -0.3 is 15.2 Å². The Morgan fingerprint density at radius 2 is 2.07 bits per heavy atom. The quantitative estimate of drug-likeness (QED) is 0.728. The third kappa shape index (κ3) is 4.27. The van der Waals surface area contributed by atoms with Gasteiger partial charge in [-0.25, -0.2) is 4.39 Å². The number of benzene rings is 1. The maximum absolute atomic E-state index is 13.2. The summed E-state index contributed by atoms with van der Waals surface area (Å²) in [4.78, 5) is 0. The standard InChI is InChI=1S/C11H16FNO2/c1-9-2-3-10(12)11(8-9)15-7-6-14-5-4-13/h2-3,8H,4-7,13H2,1H3. The molecule has 1 aromatic carbocycles. The largest absolute Gasteiger partial charge is 0.488 e. The molecular formula is C11H16FNO2. The van der Waals surface area contributed by atoms with Crippen LogP contribution < -0.4 is 10.5 Å². The van der Waals surface area contributed by atoms with Crippen molar-refractivity contribution in [1.29, 1.82) is 0 Å². The van der Waals surface area contributed by atoms with Gasteiger partial charge in [0.25, 0.3) is 0 Å². The van der Waals surface area contributed by atoms with Crippen molar-refractivity contribution in [3.05, 3.63) is 29.6 Å². The fourth-order valence-corrected chi connectivity index (χ4v) is 1.12. The van der Waals surface area contributed by atoms with E-state index >= 15 is 0 Å². The van der Waals surface area contributed by atoms with Gasteiger partial charge in [-0.3, -0.25) is 0 Å². The highest BCUT2D eigenvalue weighted by molar-refractivity contribution is 5.29. The Kier molecular flexibility index (Phi) is 5.07. The van der Waals surface area contributed by atoms with Crippen LogP contribution >= 0.6 is 0 Å². The summed E-state index contributed by atoms with van der Waals surface area (Å²) in [6.45, 7) is 3.63. The topological polar surface area (TPSA) is 44.5 Å². The van der Waals surface area contributed by atoms with Crippen LogP contribution in [0.5, 0.6) is 5.75 Å². The number of aryl methyl sites for hydroxylation is 1. The van der Waals surface area contributed by atoms with Crippen molar-refractivity contribution in [3.63, 3.8) is 0 Å². The molecule has 84 valence electrons. The molecule has 0 heterocycles. The molecule has 0 amide bonds. The fourth-order valence-electron chi connectivity index (χ4n) is 1.12. The second-order valence-electron chi connectivity index (χ2n) is 3.18. The first-order valence-electron chi connectivity index (χ1n) is 4.91. The number of rotatable bonds is 6. The predicted octanol–water partition coefficient (Wildman–Crippen LogP) is 1.49. The Morgan fingerprint density at radius 1 is 1.27 bits per heavy atom. The number of hydrogen-bond acceptors (Lipinski definition) is 3. The second kappa shape index (κ2) is 6.37. The van der Waals surface area contributed by atoms with E-state index < -0.39 is 0 Å². The lowest BCUT2D eigenvalue weighted by atomic mass is 10.2. The molecule has 3 nitrogen and oxygen atoms in total. The number of ether oxygens (including phenoxy) is 2. The average molecular weight is 213 g/mol. The summed E-state index contributed by atoms with van der Waals surface area (Å²) in [7, 11) is 0. The fraction of sp³-hybridized carbons (Fsp3) is 0.455. The molecule has 0 unspecified atom stereocenters. The monoisotopic (exact) mass is 213 g/mol. The third-order valence-electron chi connectivity index (χ3n) is 1.83. The molecule has 15 heavy (non-hydrogen) atoms. The zero-order valence-electron chi connectivity index (χ0n) is 8.83. The van der Waals surface area contributed by atoms with Crippen molar-refractivity contribution in [1.82, 2.24) is 0 Å². The highest BCUT2D eigenvalue weighted by atomic mass is 19.1. The summed E-state index contributed by atoms with van der Waals surface area (Å²) in [5.74, 6) is -0.0780. The SMILES string of the molecule is Cc1ccc(F)c(OCCOCCN)c1. The number of nitrogens with two attached hydrogens (primary N) is 1. The lowest BCUT2D eigenvalue weighted by molar-refractivity contribution is 0.104. The molecule has 1 rings (SSSR count). The van der Waals surface area contributed by atoms with E-state index in [9.17, 15) is 4.39 Å². The Morgan fingerprint density at radius 3 is 2.80 bits per heavy atom. The van der Waals surface area contributed by atoms with Crippen LogP contribution in [0.4, 0.5) is 4.39 Å². The number of halogens is 1. The van der Waals surface area contributed by atoms with Crippen LogP contribution in [0.3, 0.4) is 0 Å². The van der Waals surface area contributed by atoms with Crippen LogP contribution in [-0.4, -0.2) is 26.4 Å². The summed E-state index contributed by atoms with van der Waals surface area (Å²) in [5, 5.41) is 0. The third-order valence-corrected chi connectivity index (χ3v) is 1.83. The first-order chi connectivity index (χ1) is 7.24. The maximum atomic E-state index is 13.2. The molecule has 0 saturated carbocycles.